The van der Waals surface area contributed by atoms with Crippen LogP contribution in [-0.4, -0.2) is 23.0 Å². The molecule has 0 fully saturated rings. The summed E-state index contributed by atoms with van der Waals surface area (Å²) in [6.45, 7) is 6.39. The molecule has 21 heavy (non-hydrogen) atoms. The number of carbonyl (C=O) groups is 1. The molecule has 0 atom stereocenters. The van der Waals surface area contributed by atoms with E-state index in [2.05, 4.69) is 10.3 Å². The highest BCUT2D eigenvalue weighted by Gasteiger charge is 2.14. The van der Waals surface area contributed by atoms with Crippen LogP contribution in [0.15, 0.2) is 18.2 Å². The number of thiazole rings is 1. The zero-order valence-electron chi connectivity index (χ0n) is 12.6. The Morgan fingerprint density at radius 1 is 1.48 bits per heavy atom. The molecule has 5 nitrogen and oxygen atoms in total. The number of ether oxygens (including phenoxy) is 1. The molecule has 2 rings (SSSR count). The Labute approximate surface area is 128 Å². The van der Waals surface area contributed by atoms with E-state index in [1.54, 1.807) is 0 Å². The number of carbonyl (C=O) groups excluding carboxylic acids is 1. The normalized spacial score (nSPS) is 11.6. The Kier molecular flexibility index (Phi) is 4.80. The highest BCUT2D eigenvalue weighted by Crippen LogP contribution is 2.29. The fraction of sp³-hybridized carbons (Fsp3) is 0.467. The molecule has 114 valence electrons. The molecule has 3 N–H and O–H groups in total. The number of benzene rings is 1. The summed E-state index contributed by atoms with van der Waals surface area (Å²) in [6, 6.07) is 5.72. The van der Waals surface area contributed by atoms with E-state index in [-0.39, 0.29) is 11.4 Å². The van der Waals surface area contributed by atoms with Crippen LogP contribution in [0.1, 0.15) is 33.6 Å². The highest BCUT2D eigenvalue weighted by atomic mass is 32.1. The molecule has 6 heteroatoms. The van der Waals surface area contributed by atoms with Crippen molar-refractivity contribution in [2.24, 2.45) is 5.73 Å². The van der Waals surface area contributed by atoms with E-state index >= 15 is 0 Å². The number of rotatable bonds is 6. The van der Waals surface area contributed by atoms with Gasteiger partial charge in [-0.2, -0.15) is 0 Å². The second kappa shape index (κ2) is 6.41. The number of aromatic nitrogens is 1. The standard InChI is InChI=1S/C15H21N3O2S/c1-4-20-10-5-6-11-12(9-10)21-14(17-11)18-13(19)7-8-15(2,3)16/h5-6,9H,4,7-8,16H2,1-3H3,(H,17,18,19). The molecular formula is C15H21N3O2S. The minimum absolute atomic E-state index is 0.0578. The summed E-state index contributed by atoms with van der Waals surface area (Å²) >= 11 is 1.44. The van der Waals surface area contributed by atoms with E-state index in [9.17, 15) is 4.79 Å². The van der Waals surface area contributed by atoms with Gasteiger partial charge in [-0.1, -0.05) is 11.3 Å². The SMILES string of the molecule is CCOc1ccc2nc(NC(=O)CCC(C)(C)N)sc2c1. The first-order valence-electron chi connectivity index (χ1n) is 6.99. The van der Waals surface area contributed by atoms with E-state index < -0.39 is 0 Å². The molecule has 0 aliphatic heterocycles. The maximum atomic E-state index is 11.9. The monoisotopic (exact) mass is 307 g/mol. The summed E-state index contributed by atoms with van der Waals surface area (Å²) in [5.41, 5.74) is 6.40. The number of nitrogens with one attached hydrogen (secondary N) is 1. The summed E-state index contributed by atoms with van der Waals surface area (Å²) in [4.78, 5) is 16.3. The Morgan fingerprint density at radius 2 is 2.24 bits per heavy atom. The van der Waals surface area contributed by atoms with Gasteiger partial charge in [0.15, 0.2) is 5.13 Å². The van der Waals surface area contributed by atoms with E-state index in [1.807, 2.05) is 39.0 Å². The molecule has 1 amide bonds. The zero-order chi connectivity index (χ0) is 15.5. The topological polar surface area (TPSA) is 77.2 Å². The van der Waals surface area contributed by atoms with Gasteiger partial charge in [-0.15, -0.1) is 0 Å². The maximum absolute atomic E-state index is 11.9. The molecule has 0 unspecified atom stereocenters. The van der Waals surface area contributed by atoms with Gasteiger partial charge in [-0.05, 0) is 45.4 Å². The summed E-state index contributed by atoms with van der Waals surface area (Å²) < 4.78 is 6.45. The predicted octanol–water partition coefficient (Wildman–Crippen LogP) is 3.15. The number of nitrogens with two attached hydrogens (primary N) is 1. The van der Waals surface area contributed by atoms with Crippen LogP contribution in [0.4, 0.5) is 5.13 Å². The van der Waals surface area contributed by atoms with Crippen LogP contribution in [0.5, 0.6) is 5.75 Å². The molecule has 0 bridgehead atoms. The van der Waals surface area contributed by atoms with Crippen LogP contribution >= 0.6 is 11.3 Å². The van der Waals surface area contributed by atoms with Crippen molar-refractivity contribution in [2.45, 2.75) is 39.2 Å². The first-order chi connectivity index (χ1) is 9.87. The van der Waals surface area contributed by atoms with Gasteiger partial charge < -0.3 is 15.8 Å². The average Bonchev–Trinajstić information content (AvgIpc) is 2.77. The summed E-state index contributed by atoms with van der Waals surface area (Å²) in [6.07, 6.45) is 1.03. The fourth-order valence-corrected chi connectivity index (χ4v) is 2.74. The van der Waals surface area contributed by atoms with Gasteiger partial charge in [0.05, 0.1) is 16.8 Å². The Balaban J connectivity index is 2.03. The van der Waals surface area contributed by atoms with Crippen LogP contribution in [-0.2, 0) is 4.79 Å². The lowest BCUT2D eigenvalue weighted by atomic mass is 10.00. The van der Waals surface area contributed by atoms with Crippen molar-refractivity contribution in [3.8, 4) is 5.75 Å². The first-order valence-corrected chi connectivity index (χ1v) is 7.81. The lowest BCUT2D eigenvalue weighted by molar-refractivity contribution is -0.116. The van der Waals surface area contributed by atoms with Gasteiger partial charge in [0, 0.05) is 12.0 Å². The van der Waals surface area contributed by atoms with Crippen molar-refractivity contribution in [1.29, 1.82) is 0 Å². The van der Waals surface area contributed by atoms with Crippen molar-refractivity contribution >= 4 is 32.6 Å². The lowest BCUT2D eigenvalue weighted by Crippen LogP contribution is -2.33. The minimum atomic E-state index is -0.336. The Bertz CT molecular complexity index is 631. The quantitative estimate of drug-likeness (QED) is 0.859. The summed E-state index contributed by atoms with van der Waals surface area (Å²) in [7, 11) is 0. The van der Waals surface area contributed by atoms with Gasteiger partial charge in [0.1, 0.15) is 5.75 Å². The van der Waals surface area contributed by atoms with Crippen molar-refractivity contribution in [1.82, 2.24) is 4.98 Å². The third kappa shape index (κ3) is 4.68. The zero-order valence-corrected chi connectivity index (χ0v) is 13.4. The third-order valence-electron chi connectivity index (χ3n) is 2.91. The van der Waals surface area contributed by atoms with Crippen molar-refractivity contribution in [3.05, 3.63) is 18.2 Å². The largest absolute Gasteiger partial charge is 0.494 e. The average molecular weight is 307 g/mol. The van der Waals surface area contributed by atoms with Gasteiger partial charge in [0.25, 0.3) is 0 Å². The number of hydrogen-bond acceptors (Lipinski definition) is 5. The third-order valence-corrected chi connectivity index (χ3v) is 3.85. The van der Waals surface area contributed by atoms with Crippen molar-refractivity contribution in [3.63, 3.8) is 0 Å². The number of nitrogens with zero attached hydrogens (tertiary/aromatic N) is 1. The lowest BCUT2D eigenvalue weighted by Gasteiger charge is -2.17. The van der Waals surface area contributed by atoms with Crippen LogP contribution < -0.4 is 15.8 Å². The second-order valence-corrected chi connectivity index (χ2v) is 6.65. The van der Waals surface area contributed by atoms with E-state index in [4.69, 9.17) is 10.5 Å². The molecule has 0 saturated carbocycles. The number of amides is 1. The van der Waals surface area contributed by atoms with Crippen molar-refractivity contribution in [2.75, 3.05) is 11.9 Å². The molecule has 0 saturated heterocycles. The van der Waals surface area contributed by atoms with Gasteiger partial charge in [-0.3, -0.25) is 4.79 Å². The molecule has 1 heterocycles. The number of anilines is 1. The van der Waals surface area contributed by atoms with Gasteiger partial charge >= 0.3 is 0 Å². The van der Waals surface area contributed by atoms with E-state index in [0.29, 0.717) is 24.6 Å². The molecule has 0 aliphatic rings. The van der Waals surface area contributed by atoms with Gasteiger partial charge in [-0.25, -0.2) is 4.98 Å². The van der Waals surface area contributed by atoms with Crippen LogP contribution in [0.25, 0.3) is 10.2 Å². The molecular weight excluding hydrogens is 286 g/mol. The molecule has 2 aromatic rings. The number of fused-ring (bicyclic) bond motifs is 1. The first kappa shape index (κ1) is 15.7. The summed E-state index contributed by atoms with van der Waals surface area (Å²) in [5.74, 6) is 0.758. The molecule has 0 spiro atoms. The molecule has 1 aromatic heterocycles. The van der Waals surface area contributed by atoms with Crippen LogP contribution in [0, 0.1) is 0 Å². The minimum Gasteiger partial charge on any atom is -0.494 e. The van der Waals surface area contributed by atoms with E-state index in [1.165, 1.54) is 11.3 Å². The maximum Gasteiger partial charge on any atom is 0.226 e. The van der Waals surface area contributed by atoms with Crippen LogP contribution in [0.2, 0.25) is 0 Å². The van der Waals surface area contributed by atoms with Crippen LogP contribution in [0.3, 0.4) is 0 Å². The molecule has 1 aromatic carbocycles. The predicted molar refractivity (Wildman–Crippen MR) is 86.9 cm³/mol. The smallest absolute Gasteiger partial charge is 0.226 e. The molecule has 0 aliphatic carbocycles. The fourth-order valence-electron chi connectivity index (χ4n) is 1.83. The summed E-state index contributed by atoms with van der Waals surface area (Å²) in [5, 5.41) is 3.44. The Morgan fingerprint density at radius 3 is 2.90 bits per heavy atom. The highest BCUT2D eigenvalue weighted by molar-refractivity contribution is 7.22. The molecule has 0 radical (unpaired) electrons. The van der Waals surface area contributed by atoms with Gasteiger partial charge in [0.2, 0.25) is 5.91 Å². The number of hydrogen-bond donors (Lipinski definition) is 2. The Hall–Kier alpha value is -1.66. The van der Waals surface area contributed by atoms with Crippen molar-refractivity contribution < 1.29 is 9.53 Å². The second-order valence-electron chi connectivity index (χ2n) is 5.62. The van der Waals surface area contributed by atoms with E-state index in [0.717, 1.165) is 16.0 Å².